The first-order chi connectivity index (χ1) is 8.89. The Balaban J connectivity index is 3.91. The van der Waals surface area contributed by atoms with Crippen LogP contribution >= 0.6 is 8.25 Å². The van der Waals surface area contributed by atoms with Crippen LogP contribution in [0.3, 0.4) is 0 Å². The number of carbonyl (C=O) groups is 2. The summed E-state index contributed by atoms with van der Waals surface area (Å²) in [5.41, 5.74) is -1.29. The van der Waals surface area contributed by atoms with Crippen LogP contribution in [0, 0.1) is 0 Å². The molecular weight excluding hydrogens is 287 g/mol. The predicted octanol–water partition coefficient (Wildman–Crippen LogP) is 2.09. The van der Waals surface area contributed by atoms with Crippen molar-refractivity contribution in [3.8, 4) is 0 Å². The average Bonchev–Trinajstić information content (AvgIpc) is 2.18. The highest BCUT2D eigenvalue weighted by Crippen LogP contribution is 2.24. The van der Waals surface area contributed by atoms with E-state index in [2.05, 4.69) is 9.05 Å². The van der Waals surface area contributed by atoms with Crippen molar-refractivity contribution in [1.82, 2.24) is 0 Å². The number of rotatable bonds is 6. The van der Waals surface area contributed by atoms with Gasteiger partial charge in [0.15, 0.2) is 13.2 Å². The summed E-state index contributed by atoms with van der Waals surface area (Å²) < 4.78 is 30.5. The van der Waals surface area contributed by atoms with Gasteiger partial charge in [-0.15, -0.1) is 0 Å². The molecular formula is C12H23O7P. The third-order valence-electron chi connectivity index (χ3n) is 1.46. The molecule has 0 spiro atoms. The second kappa shape index (κ2) is 7.76. The van der Waals surface area contributed by atoms with Gasteiger partial charge in [-0.05, 0) is 41.5 Å². The first kappa shape index (κ1) is 19.1. The maximum absolute atomic E-state index is 11.3. The normalized spacial score (nSPS) is 12.3. The second-order valence-corrected chi connectivity index (χ2v) is 7.08. The van der Waals surface area contributed by atoms with E-state index in [1.165, 1.54) is 0 Å². The molecule has 0 radical (unpaired) electrons. The van der Waals surface area contributed by atoms with Crippen LogP contribution in [0.25, 0.3) is 0 Å². The van der Waals surface area contributed by atoms with Gasteiger partial charge in [-0.3, -0.25) is 13.6 Å². The largest absolute Gasteiger partial charge is 0.458 e. The van der Waals surface area contributed by atoms with Gasteiger partial charge in [-0.1, -0.05) is 0 Å². The highest BCUT2D eigenvalue weighted by Gasteiger charge is 2.19. The van der Waals surface area contributed by atoms with E-state index < -0.39 is 44.6 Å². The fourth-order valence-electron chi connectivity index (χ4n) is 1.02. The van der Waals surface area contributed by atoms with Crippen LogP contribution in [0.4, 0.5) is 0 Å². The van der Waals surface area contributed by atoms with Crippen molar-refractivity contribution in [2.75, 3.05) is 13.2 Å². The predicted molar refractivity (Wildman–Crippen MR) is 72.6 cm³/mol. The number of hydrogen-bond donors (Lipinski definition) is 0. The number of esters is 2. The molecule has 0 unspecified atom stereocenters. The number of ether oxygens (including phenoxy) is 2. The standard InChI is InChI=1S/C12H23O7P/c1-11(2,3)18-9(13)7-16-20(15)17-8-10(14)19-12(4,5)6/h20H,7-8H2,1-6H3. The Morgan fingerprint density at radius 3 is 1.35 bits per heavy atom. The lowest BCUT2D eigenvalue weighted by atomic mass is 10.2. The van der Waals surface area contributed by atoms with Crippen molar-refractivity contribution in [3.63, 3.8) is 0 Å². The Bertz CT molecular complexity index is 331. The zero-order chi connectivity index (χ0) is 16.0. The smallest absolute Gasteiger partial charge is 0.333 e. The fourth-order valence-corrected chi connectivity index (χ4v) is 1.57. The summed E-state index contributed by atoms with van der Waals surface area (Å²) in [6.45, 7) is 9.21. The van der Waals surface area contributed by atoms with E-state index in [0.29, 0.717) is 0 Å². The number of carbonyl (C=O) groups excluding carboxylic acids is 2. The quantitative estimate of drug-likeness (QED) is 0.548. The van der Waals surface area contributed by atoms with E-state index in [-0.39, 0.29) is 0 Å². The lowest BCUT2D eigenvalue weighted by Gasteiger charge is -2.19. The topological polar surface area (TPSA) is 88.1 Å². The minimum Gasteiger partial charge on any atom is -0.458 e. The molecule has 0 aliphatic carbocycles. The molecule has 0 aromatic rings. The van der Waals surface area contributed by atoms with Gasteiger partial charge in [-0.2, -0.15) is 0 Å². The second-order valence-electron chi connectivity index (χ2n) is 6.00. The summed E-state index contributed by atoms with van der Waals surface area (Å²) >= 11 is 0. The van der Waals surface area contributed by atoms with Crippen LogP contribution in [0.2, 0.25) is 0 Å². The lowest BCUT2D eigenvalue weighted by Crippen LogP contribution is -2.26. The van der Waals surface area contributed by atoms with E-state index in [4.69, 9.17) is 9.47 Å². The van der Waals surface area contributed by atoms with E-state index in [1.807, 2.05) is 0 Å². The van der Waals surface area contributed by atoms with Gasteiger partial charge in [0.1, 0.15) is 11.2 Å². The minimum absolute atomic E-state index is 0.497. The molecule has 0 aromatic carbocycles. The summed E-state index contributed by atoms with van der Waals surface area (Å²) in [4.78, 5) is 22.5. The molecule has 118 valence electrons. The maximum Gasteiger partial charge on any atom is 0.333 e. The van der Waals surface area contributed by atoms with Crippen LogP contribution in [-0.2, 0) is 32.7 Å². The van der Waals surface area contributed by atoms with Crippen molar-refractivity contribution in [2.24, 2.45) is 0 Å². The van der Waals surface area contributed by atoms with E-state index in [0.717, 1.165) is 0 Å². The Hall–Kier alpha value is -0.910. The van der Waals surface area contributed by atoms with Gasteiger partial charge < -0.3 is 9.47 Å². The molecule has 0 heterocycles. The maximum atomic E-state index is 11.3. The molecule has 0 aliphatic rings. The van der Waals surface area contributed by atoms with Crippen molar-refractivity contribution in [2.45, 2.75) is 52.7 Å². The summed E-state index contributed by atoms with van der Waals surface area (Å²) in [6.07, 6.45) is 0. The van der Waals surface area contributed by atoms with Gasteiger partial charge in [0, 0.05) is 0 Å². The molecule has 0 bridgehead atoms. The van der Waals surface area contributed by atoms with Crippen molar-refractivity contribution >= 4 is 20.2 Å². The molecule has 8 heteroatoms. The Labute approximate surface area is 119 Å². The van der Waals surface area contributed by atoms with E-state index >= 15 is 0 Å². The van der Waals surface area contributed by atoms with Gasteiger partial charge >= 0.3 is 20.2 Å². The van der Waals surface area contributed by atoms with Gasteiger partial charge in [0.05, 0.1) is 0 Å². The third kappa shape index (κ3) is 12.1. The molecule has 0 fully saturated rings. The summed E-state index contributed by atoms with van der Waals surface area (Å²) in [7, 11) is -2.94. The molecule has 0 N–H and O–H groups in total. The van der Waals surface area contributed by atoms with Crippen LogP contribution in [0.1, 0.15) is 41.5 Å². The average molecular weight is 310 g/mol. The molecule has 0 aromatic heterocycles. The van der Waals surface area contributed by atoms with Gasteiger partial charge in [0.25, 0.3) is 0 Å². The summed E-state index contributed by atoms with van der Waals surface area (Å²) in [6, 6.07) is 0. The lowest BCUT2D eigenvalue weighted by molar-refractivity contribution is -0.157. The number of hydrogen-bond acceptors (Lipinski definition) is 7. The summed E-state index contributed by atoms with van der Waals surface area (Å²) in [5, 5.41) is 0. The highest BCUT2D eigenvalue weighted by molar-refractivity contribution is 7.33. The Kier molecular flexibility index (Phi) is 7.41. The van der Waals surface area contributed by atoms with Crippen LogP contribution < -0.4 is 0 Å². The van der Waals surface area contributed by atoms with Crippen LogP contribution in [0.15, 0.2) is 0 Å². The van der Waals surface area contributed by atoms with Gasteiger partial charge in [-0.25, -0.2) is 9.59 Å². The van der Waals surface area contributed by atoms with Crippen molar-refractivity contribution in [3.05, 3.63) is 0 Å². The molecule has 7 nitrogen and oxygen atoms in total. The van der Waals surface area contributed by atoms with Crippen LogP contribution in [0.5, 0.6) is 0 Å². The van der Waals surface area contributed by atoms with Crippen molar-refractivity contribution < 1.29 is 32.7 Å². The Morgan fingerprint density at radius 1 is 0.800 bits per heavy atom. The van der Waals surface area contributed by atoms with Crippen LogP contribution in [-0.4, -0.2) is 36.4 Å². The monoisotopic (exact) mass is 310 g/mol. The fraction of sp³-hybridized carbons (Fsp3) is 0.833. The highest BCUT2D eigenvalue weighted by atomic mass is 31.1. The molecule has 0 amide bonds. The third-order valence-corrected chi connectivity index (χ3v) is 2.22. The molecule has 0 saturated heterocycles. The SMILES string of the molecule is CC(C)(C)OC(=O)CO[PH](=O)OCC(=O)OC(C)(C)C. The minimum atomic E-state index is -2.94. The molecule has 0 atom stereocenters. The first-order valence-corrected chi connectivity index (χ1v) is 7.35. The first-order valence-electron chi connectivity index (χ1n) is 6.12. The zero-order valence-corrected chi connectivity index (χ0v) is 13.8. The molecule has 0 saturated carbocycles. The van der Waals surface area contributed by atoms with Gasteiger partial charge in [0.2, 0.25) is 0 Å². The summed E-state index contributed by atoms with van der Waals surface area (Å²) in [5.74, 6) is -1.31. The molecule has 0 aliphatic heterocycles. The molecule has 20 heavy (non-hydrogen) atoms. The van der Waals surface area contributed by atoms with E-state index in [1.54, 1.807) is 41.5 Å². The molecule has 0 rings (SSSR count). The zero-order valence-electron chi connectivity index (χ0n) is 12.8. The van der Waals surface area contributed by atoms with Crippen molar-refractivity contribution in [1.29, 1.82) is 0 Å². The van der Waals surface area contributed by atoms with E-state index in [9.17, 15) is 14.2 Å². The Morgan fingerprint density at radius 2 is 1.10 bits per heavy atom.